The number of anilines is 3. The summed E-state index contributed by atoms with van der Waals surface area (Å²) >= 11 is 0. The molecule has 2 heterocycles. The van der Waals surface area contributed by atoms with Crippen LogP contribution in [0.5, 0.6) is 0 Å². The van der Waals surface area contributed by atoms with Crippen LogP contribution in [0.3, 0.4) is 0 Å². The Morgan fingerprint density at radius 3 is 2.49 bits per heavy atom. The van der Waals surface area contributed by atoms with Crippen LogP contribution in [0.15, 0.2) is 84.6 Å². The maximum Gasteiger partial charge on any atom is 0.241 e. The van der Waals surface area contributed by atoms with Gasteiger partial charge < -0.3 is 15.2 Å². The van der Waals surface area contributed by atoms with Crippen LogP contribution in [0.1, 0.15) is 33.3 Å². The third-order valence-electron chi connectivity index (χ3n) is 4.57. The second-order valence-electron chi connectivity index (χ2n) is 8.92. The van der Waals surface area contributed by atoms with E-state index in [1.165, 1.54) is 12.2 Å². The minimum Gasteiger partial charge on any atom is -0.340 e. The number of hydrogen-bond donors (Lipinski definition) is 3. The summed E-state index contributed by atoms with van der Waals surface area (Å²) in [5, 5.41) is 6.27. The highest BCUT2D eigenvalue weighted by molar-refractivity contribution is 7.93. The second-order valence-corrected chi connectivity index (χ2v) is 10.6. The number of aryl methyl sites for hydroxylation is 1. The van der Waals surface area contributed by atoms with E-state index in [1.807, 2.05) is 42.0 Å². The molecule has 35 heavy (non-hydrogen) atoms. The number of allylic oxidation sites excluding steroid dienone is 3. The van der Waals surface area contributed by atoms with Crippen LogP contribution in [0.25, 0.3) is 5.69 Å². The Kier molecular flexibility index (Phi) is 7.88. The van der Waals surface area contributed by atoms with Crippen LogP contribution >= 0.6 is 0 Å². The van der Waals surface area contributed by atoms with Crippen molar-refractivity contribution in [2.75, 3.05) is 10.6 Å². The number of nitrogens with one attached hydrogen (secondary N) is 3. The molecule has 184 valence electrons. The van der Waals surface area contributed by atoms with Crippen LogP contribution in [0, 0.1) is 6.92 Å². The number of rotatable bonds is 9. The van der Waals surface area contributed by atoms with Crippen molar-refractivity contribution in [3.05, 3.63) is 90.2 Å². The average molecular weight is 494 g/mol. The van der Waals surface area contributed by atoms with Crippen LogP contribution in [0.4, 0.5) is 17.5 Å². The number of nitrogens with zero attached hydrogens (tertiary/aromatic N) is 4. The fraction of sp³-hybridized carbons (Fsp3) is 0.240. The molecule has 0 radical (unpaired) electrons. The van der Waals surface area contributed by atoms with Gasteiger partial charge in [0.1, 0.15) is 5.82 Å². The van der Waals surface area contributed by atoms with E-state index in [1.54, 1.807) is 52.5 Å². The van der Waals surface area contributed by atoms with Gasteiger partial charge in [-0.2, -0.15) is 4.98 Å². The zero-order valence-electron chi connectivity index (χ0n) is 20.6. The molecule has 0 fully saturated rings. The molecule has 3 aromatic rings. The van der Waals surface area contributed by atoms with Crippen LogP contribution in [-0.2, 0) is 10.0 Å². The summed E-state index contributed by atoms with van der Waals surface area (Å²) in [5.74, 6) is 0.903. The molecule has 0 atom stereocenters. The van der Waals surface area contributed by atoms with Crippen molar-refractivity contribution < 1.29 is 8.42 Å². The highest BCUT2D eigenvalue weighted by Gasteiger charge is 2.23. The van der Waals surface area contributed by atoms with Crippen molar-refractivity contribution in [1.29, 1.82) is 0 Å². The predicted molar refractivity (Wildman–Crippen MR) is 141 cm³/mol. The minimum absolute atomic E-state index is 0.0930. The highest BCUT2D eigenvalue weighted by atomic mass is 32.2. The molecule has 3 rings (SSSR count). The Bertz CT molecular complexity index is 1340. The zero-order chi connectivity index (χ0) is 25.6. The Hall–Kier alpha value is -3.76. The molecule has 0 aliphatic heterocycles. The number of aromatic nitrogens is 4. The summed E-state index contributed by atoms with van der Waals surface area (Å²) in [4.78, 5) is 13.0. The van der Waals surface area contributed by atoms with Crippen molar-refractivity contribution in [2.45, 2.75) is 40.2 Å². The van der Waals surface area contributed by atoms with E-state index >= 15 is 0 Å². The fourth-order valence-corrected chi connectivity index (χ4v) is 4.62. The molecule has 1 aromatic carbocycles. The van der Waals surface area contributed by atoms with Gasteiger partial charge in [-0.25, -0.2) is 23.1 Å². The topological polar surface area (TPSA) is 114 Å². The van der Waals surface area contributed by atoms with Crippen LogP contribution in [0.2, 0.25) is 0 Å². The molecule has 10 heteroatoms. The van der Waals surface area contributed by atoms with E-state index in [0.29, 0.717) is 17.5 Å². The third kappa shape index (κ3) is 7.36. The van der Waals surface area contributed by atoms with Gasteiger partial charge >= 0.3 is 0 Å². The summed E-state index contributed by atoms with van der Waals surface area (Å²) < 4.78 is 30.2. The van der Waals surface area contributed by atoms with Gasteiger partial charge in [0.2, 0.25) is 16.0 Å². The van der Waals surface area contributed by atoms with E-state index < -0.39 is 15.6 Å². The molecular formula is C25H31N7O2S. The quantitative estimate of drug-likeness (QED) is 0.366. The molecule has 2 aromatic heterocycles. The Labute approximate surface area is 206 Å². The van der Waals surface area contributed by atoms with Gasteiger partial charge in [0.15, 0.2) is 0 Å². The lowest BCUT2D eigenvalue weighted by atomic mass is 10.1. The van der Waals surface area contributed by atoms with E-state index in [-0.39, 0.29) is 4.91 Å². The smallest absolute Gasteiger partial charge is 0.241 e. The average Bonchev–Trinajstić information content (AvgIpc) is 3.30. The van der Waals surface area contributed by atoms with Crippen molar-refractivity contribution in [2.24, 2.45) is 0 Å². The van der Waals surface area contributed by atoms with Gasteiger partial charge in [-0.3, -0.25) is 0 Å². The summed E-state index contributed by atoms with van der Waals surface area (Å²) in [6.07, 6.45) is 11.7. The molecular weight excluding hydrogens is 462 g/mol. The molecule has 0 saturated carbocycles. The van der Waals surface area contributed by atoms with E-state index in [9.17, 15) is 8.42 Å². The first-order chi connectivity index (χ1) is 16.5. The fourth-order valence-electron chi connectivity index (χ4n) is 3.09. The zero-order valence-corrected chi connectivity index (χ0v) is 21.4. The van der Waals surface area contributed by atoms with Crippen molar-refractivity contribution in [1.82, 2.24) is 24.2 Å². The van der Waals surface area contributed by atoms with Crippen LogP contribution < -0.4 is 15.4 Å². The van der Waals surface area contributed by atoms with Crippen molar-refractivity contribution in [3.8, 4) is 5.69 Å². The summed E-state index contributed by atoms with van der Waals surface area (Å²) in [7, 11) is -3.74. The van der Waals surface area contributed by atoms with Gasteiger partial charge in [-0.1, -0.05) is 12.7 Å². The first-order valence-electron chi connectivity index (χ1n) is 11.0. The lowest BCUT2D eigenvalue weighted by molar-refractivity contribution is 0.495. The predicted octanol–water partition coefficient (Wildman–Crippen LogP) is 4.82. The number of sulfonamides is 1. The van der Waals surface area contributed by atoms with Gasteiger partial charge in [0, 0.05) is 46.8 Å². The SMILES string of the molecule is C=C(/C=C(\C=C/C)S(=O)(=O)NC(C)(C)C)Nc1nc(Nc2ccc(-n3ccnc3)cc2)ncc1C. The number of benzene rings is 1. The van der Waals surface area contributed by atoms with Crippen molar-refractivity contribution in [3.63, 3.8) is 0 Å². The summed E-state index contributed by atoms with van der Waals surface area (Å²) in [5.41, 5.74) is 2.33. The monoisotopic (exact) mass is 493 g/mol. The van der Waals surface area contributed by atoms with E-state index in [2.05, 4.69) is 36.9 Å². The number of hydrogen-bond acceptors (Lipinski definition) is 7. The van der Waals surface area contributed by atoms with Gasteiger partial charge in [0.05, 0.1) is 11.2 Å². The van der Waals surface area contributed by atoms with Crippen molar-refractivity contribution >= 4 is 27.5 Å². The molecule has 0 unspecified atom stereocenters. The molecule has 0 spiro atoms. The lowest BCUT2D eigenvalue weighted by Gasteiger charge is -2.21. The van der Waals surface area contributed by atoms with Gasteiger partial charge in [-0.15, -0.1) is 0 Å². The maximum absolute atomic E-state index is 12.8. The summed E-state index contributed by atoms with van der Waals surface area (Å²) in [6, 6.07) is 7.76. The number of imidazole rings is 1. The normalized spacial score (nSPS) is 12.7. The Morgan fingerprint density at radius 2 is 1.89 bits per heavy atom. The molecule has 9 nitrogen and oxygen atoms in total. The summed E-state index contributed by atoms with van der Waals surface area (Å²) in [6.45, 7) is 12.9. The lowest BCUT2D eigenvalue weighted by Crippen LogP contribution is -2.40. The third-order valence-corrected chi connectivity index (χ3v) is 6.33. The highest BCUT2D eigenvalue weighted by Crippen LogP contribution is 2.21. The molecule has 0 aliphatic rings. The maximum atomic E-state index is 12.8. The molecule has 0 saturated heterocycles. The molecule has 3 N–H and O–H groups in total. The molecule has 0 aliphatic carbocycles. The first-order valence-corrected chi connectivity index (χ1v) is 12.5. The van der Waals surface area contributed by atoms with Gasteiger partial charge in [-0.05, 0) is 71.0 Å². The van der Waals surface area contributed by atoms with E-state index in [4.69, 9.17) is 0 Å². The van der Waals surface area contributed by atoms with Crippen LogP contribution in [-0.4, -0.2) is 33.5 Å². The standard InChI is InChI=1S/C25H31N7O2S/c1-7-8-22(35(33,34)31-25(4,5)6)15-19(3)28-23-18(2)16-27-24(30-23)29-20-9-11-21(12-10-20)32-14-13-26-17-32/h7-17,31H,3H2,1-2,4-6H3,(H2,27,28,29,30)/b8-7-,22-15+. The van der Waals surface area contributed by atoms with Gasteiger partial charge in [0.25, 0.3) is 0 Å². The second kappa shape index (κ2) is 10.7. The minimum atomic E-state index is -3.74. The molecule has 0 bridgehead atoms. The largest absolute Gasteiger partial charge is 0.340 e. The first kappa shape index (κ1) is 25.9. The Balaban J connectivity index is 1.77. The molecule has 0 amide bonds. The Morgan fingerprint density at radius 1 is 1.17 bits per heavy atom. The van der Waals surface area contributed by atoms with E-state index in [0.717, 1.165) is 16.9 Å².